The first kappa shape index (κ1) is 41.6. The van der Waals surface area contributed by atoms with Gasteiger partial charge >= 0.3 is 0 Å². The molecule has 2 aliphatic heterocycles. The topological polar surface area (TPSA) is 153 Å². The standard InChI is InChI=1S/C48H42Cl2N6O7/c1-54(2)30-12-8-28(9-13-30)51-52-29-10-14-31(15-11-29)55-44(58)36-21-20-34-37(42(36)46(55)60)25-38-45(59)56(53-40-22-7-27(49)23-39(40)50)47(61)48(38,26-5-17-33(62-3)18-6-26)43(34)35-19-16-32(57)24-41(35)63-4/h5-20,22-24,36-38,42-43,53,57H,21,25H2,1-4H3. The lowest BCUT2D eigenvalue weighted by molar-refractivity contribution is -0.138. The van der Waals surface area contributed by atoms with Crippen LogP contribution in [0.2, 0.25) is 10.0 Å². The molecule has 0 radical (unpaired) electrons. The van der Waals surface area contributed by atoms with Crippen LogP contribution in [-0.4, -0.2) is 62.1 Å². The molecule has 15 heteroatoms. The molecule has 5 aromatic carbocycles. The summed E-state index contributed by atoms with van der Waals surface area (Å²) >= 11 is 12.8. The quantitative estimate of drug-likeness (QED) is 0.0794. The maximum absolute atomic E-state index is 15.6. The van der Waals surface area contributed by atoms with E-state index in [9.17, 15) is 14.7 Å². The van der Waals surface area contributed by atoms with Crippen molar-refractivity contribution in [3.8, 4) is 17.2 Å². The van der Waals surface area contributed by atoms with Crippen molar-refractivity contribution in [3.63, 3.8) is 0 Å². The number of phenols is 1. The van der Waals surface area contributed by atoms with Crippen LogP contribution in [0.25, 0.3) is 0 Å². The Kier molecular flexibility index (Phi) is 10.7. The predicted molar refractivity (Wildman–Crippen MR) is 239 cm³/mol. The fourth-order valence-electron chi connectivity index (χ4n) is 9.98. The second kappa shape index (κ2) is 16.2. The van der Waals surface area contributed by atoms with Gasteiger partial charge in [0.05, 0.1) is 65.2 Å². The molecule has 6 atom stereocenters. The van der Waals surface area contributed by atoms with E-state index in [0.29, 0.717) is 39.0 Å². The molecule has 2 aliphatic carbocycles. The number of hydrazine groups is 1. The number of benzene rings is 5. The van der Waals surface area contributed by atoms with Crippen LogP contribution in [-0.2, 0) is 24.6 Å². The minimum Gasteiger partial charge on any atom is -0.508 e. The molecule has 13 nitrogen and oxygen atoms in total. The number of imide groups is 2. The zero-order valence-electron chi connectivity index (χ0n) is 34.7. The van der Waals surface area contributed by atoms with Gasteiger partial charge in [-0.1, -0.05) is 53.1 Å². The number of phenolic OH excluding ortho intramolecular Hbond substituents is 1. The van der Waals surface area contributed by atoms with Crippen LogP contribution < -0.4 is 24.7 Å². The van der Waals surface area contributed by atoms with Gasteiger partial charge in [0, 0.05) is 42.4 Å². The lowest BCUT2D eigenvalue weighted by Crippen LogP contribution is -2.53. The largest absolute Gasteiger partial charge is 0.508 e. The number of nitrogens with zero attached hydrogens (tertiary/aromatic N) is 5. The molecular weight excluding hydrogens is 843 g/mol. The minimum atomic E-state index is -1.61. The second-order valence-corrected chi connectivity index (χ2v) is 17.1. The summed E-state index contributed by atoms with van der Waals surface area (Å²) in [5, 5.41) is 20.9. The van der Waals surface area contributed by atoms with Gasteiger partial charge in [0.25, 0.3) is 11.8 Å². The summed E-state index contributed by atoms with van der Waals surface area (Å²) in [6.45, 7) is 0. The molecule has 2 heterocycles. The predicted octanol–water partition coefficient (Wildman–Crippen LogP) is 9.39. The van der Waals surface area contributed by atoms with Crippen molar-refractivity contribution in [1.29, 1.82) is 0 Å². The number of aromatic hydroxyl groups is 1. The van der Waals surface area contributed by atoms with E-state index < -0.39 is 52.7 Å². The molecule has 4 amide bonds. The van der Waals surface area contributed by atoms with E-state index in [4.69, 9.17) is 32.7 Å². The first-order chi connectivity index (χ1) is 30.3. The summed E-state index contributed by atoms with van der Waals surface area (Å²) < 4.78 is 11.4. The van der Waals surface area contributed by atoms with E-state index in [2.05, 4.69) is 15.7 Å². The van der Waals surface area contributed by atoms with Gasteiger partial charge in [-0.15, -0.1) is 0 Å². The Hall–Kier alpha value is -6.70. The maximum Gasteiger partial charge on any atom is 0.260 e. The van der Waals surface area contributed by atoms with Gasteiger partial charge < -0.3 is 19.5 Å². The molecule has 3 fully saturated rings. The Morgan fingerprint density at radius 3 is 2.10 bits per heavy atom. The van der Waals surface area contributed by atoms with Crippen LogP contribution in [0.4, 0.5) is 28.4 Å². The summed E-state index contributed by atoms with van der Waals surface area (Å²) in [6, 6.07) is 30.7. The van der Waals surface area contributed by atoms with Crippen molar-refractivity contribution < 1.29 is 33.8 Å². The Balaban J connectivity index is 1.13. The fourth-order valence-corrected chi connectivity index (χ4v) is 10.4. The number of nitrogens with one attached hydrogen (secondary N) is 1. The molecule has 63 heavy (non-hydrogen) atoms. The van der Waals surface area contributed by atoms with Crippen molar-refractivity contribution in [3.05, 3.63) is 142 Å². The smallest absolute Gasteiger partial charge is 0.260 e. The zero-order valence-corrected chi connectivity index (χ0v) is 36.2. The van der Waals surface area contributed by atoms with Gasteiger partial charge in [0.1, 0.15) is 17.2 Å². The molecule has 9 rings (SSSR count). The highest BCUT2D eigenvalue weighted by molar-refractivity contribution is 6.36. The van der Waals surface area contributed by atoms with Crippen molar-refractivity contribution >= 4 is 75.3 Å². The van der Waals surface area contributed by atoms with Crippen molar-refractivity contribution in [2.75, 3.05) is 43.5 Å². The number of hydrogen-bond acceptors (Lipinski definition) is 11. The van der Waals surface area contributed by atoms with Gasteiger partial charge in [0.15, 0.2) is 0 Å². The highest BCUT2D eigenvalue weighted by atomic mass is 35.5. The second-order valence-electron chi connectivity index (χ2n) is 16.3. The number of carbonyl (C=O) groups excluding carboxylic acids is 4. The van der Waals surface area contributed by atoms with Crippen LogP contribution in [0, 0.1) is 23.7 Å². The molecule has 2 N–H and O–H groups in total. The average molecular weight is 886 g/mol. The van der Waals surface area contributed by atoms with Crippen LogP contribution >= 0.6 is 23.2 Å². The molecule has 320 valence electrons. The summed E-state index contributed by atoms with van der Waals surface area (Å²) in [4.78, 5) is 63.2. The normalized spacial score (nSPS) is 24.0. The Morgan fingerprint density at radius 2 is 1.46 bits per heavy atom. The molecule has 0 bridgehead atoms. The van der Waals surface area contributed by atoms with Crippen LogP contribution in [0.5, 0.6) is 17.2 Å². The van der Waals surface area contributed by atoms with Gasteiger partial charge in [-0.2, -0.15) is 15.2 Å². The van der Waals surface area contributed by atoms with Gasteiger partial charge in [-0.05, 0) is 109 Å². The number of hydrogen-bond donors (Lipinski definition) is 2. The molecule has 1 saturated carbocycles. The van der Waals surface area contributed by atoms with E-state index >= 15 is 9.59 Å². The minimum absolute atomic E-state index is 0.0642. The van der Waals surface area contributed by atoms with Gasteiger partial charge in [-0.3, -0.25) is 29.5 Å². The van der Waals surface area contributed by atoms with Gasteiger partial charge in [0.2, 0.25) is 11.8 Å². The van der Waals surface area contributed by atoms with E-state index in [-0.39, 0.29) is 41.0 Å². The van der Waals surface area contributed by atoms with Gasteiger partial charge in [-0.25, -0.2) is 0 Å². The van der Waals surface area contributed by atoms with E-state index in [0.717, 1.165) is 16.3 Å². The zero-order chi connectivity index (χ0) is 44.3. The first-order valence-electron chi connectivity index (χ1n) is 20.3. The maximum atomic E-state index is 15.6. The number of halogens is 2. The Labute approximate surface area is 373 Å². The molecule has 0 aromatic heterocycles. The number of carbonyl (C=O) groups is 4. The van der Waals surface area contributed by atoms with Crippen LogP contribution in [0.1, 0.15) is 29.9 Å². The molecule has 4 aliphatic rings. The SMILES string of the molecule is COc1ccc(C23C(=O)N(Nc4ccc(Cl)cc4Cl)C(=O)C2CC2C(=CCC4C(=O)N(c5ccc(N=Nc6ccc(N(C)C)cc6)cc5)C(=O)C42)C3c2ccc(O)cc2OC)cc1. The van der Waals surface area contributed by atoms with E-state index in [1.807, 2.05) is 49.3 Å². The number of amides is 4. The number of methoxy groups -OCH3 is 2. The third-order valence-corrected chi connectivity index (χ3v) is 13.4. The fraction of sp³-hybridized carbons (Fsp3) is 0.250. The summed E-state index contributed by atoms with van der Waals surface area (Å²) in [5.41, 5.74) is 6.05. The third-order valence-electron chi connectivity index (χ3n) is 12.9. The average Bonchev–Trinajstić information content (AvgIpc) is 3.67. The Bertz CT molecular complexity index is 2730. The molecule has 6 unspecified atom stereocenters. The number of ether oxygens (including phenoxy) is 2. The third kappa shape index (κ3) is 6.86. The van der Waals surface area contributed by atoms with E-state index in [1.54, 1.807) is 66.7 Å². The number of fused-ring (bicyclic) bond motifs is 4. The number of allylic oxidation sites excluding steroid dienone is 2. The number of rotatable bonds is 10. The van der Waals surface area contributed by atoms with Crippen LogP contribution in [0.3, 0.4) is 0 Å². The highest BCUT2D eigenvalue weighted by Crippen LogP contribution is 2.65. The van der Waals surface area contributed by atoms with Crippen molar-refractivity contribution in [2.24, 2.45) is 33.9 Å². The van der Waals surface area contributed by atoms with Crippen LogP contribution in [0.15, 0.2) is 131 Å². The molecule has 0 spiro atoms. The lowest BCUT2D eigenvalue weighted by atomic mass is 9.49. The molecule has 5 aromatic rings. The molecular formula is C48H42Cl2N6O7. The number of azo groups is 1. The summed E-state index contributed by atoms with van der Waals surface area (Å²) in [6.07, 6.45) is 2.23. The lowest BCUT2D eigenvalue weighted by Gasteiger charge is -2.50. The molecule has 2 saturated heterocycles. The first-order valence-corrected chi connectivity index (χ1v) is 21.1. The Morgan fingerprint density at radius 1 is 0.778 bits per heavy atom. The van der Waals surface area contributed by atoms with Crippen molar-refractivity contribution in [1.82, 2.24) is 5.01 Å². The summed E-state index contributed by atoms with van der Waals surface area (Å²) in [5.74, 6) is -5.28. The monoisotopic (exact) mass is 884 g/mol. The van der Waals surface area contributed by atoms with Crippen molar-refractivity contribution in [2.45, 2.75) is 24.2 Å². The van der Waals surface area contributed by atoms with E-state index in [1.165, 1.54) is 37.3 Å². The number of anilines is 3. The highest BCUT2D eigenvalue weighted by Gasteiger charge is 2.70. The summed E-state index contributed by atoms with van der Waals surface area (Å²) in [7, 11) is 6.92.